The molecular weight excluding hydrogens is 519 g/mol. The van der Waals surface area contributed by atoms with Gasteiger partial charge in [-0.3, -0.25) is 9.59 Å². The lowest BCUT2D eigenvalue weighted by molar-refractivity contribution is -0.137. The van der Waals surface area contributed by atoms with Gasteiger partial charge in [0.05, 0.1) is 12.1 Å². The number of halogens is 5. The van der Waals surface area contributed by atoms with Crippen LogP contribution in [0.15, 0.2) is 84.0 Å². The number of alkyl halides is 3. The lowest BCUT2D eigenvalue weighted by atomic mass is 10.0. The summed E-state index contributed by atoms with van der Waals surface area (Å²) in [5, 5.41) is 2.97. The summed E-state index contributed by atoms with van der Waals surface area (Å²) in [6, 6.07) is 14.0. The Kier molecular flexibility index (Phi) is 6.73. The normalized spacial score (nSPS) is 11.6. The second-order valence-electron chi connectivity index (χ2n) is 8.81. The maximum absolute atomic E-state index is 13.5. The number of fused-ring (bicyclic) bond motifs is 1. The number of nitrogens with zero attached hydrogens (tertiary/aromatic N) is 2. The van der Waals surface area contributed by atoms with Crippen LogP contribution in [0.25, 0.3) is 22.2 Å². The SMILES string of the molecule is O=C(NCc1cccc(-c2c[nH]c3ncc(C(F)(F)F)cc23)c1)c1cccn(Cc2ccc(F)c(F)c2)c1=O. The van der Waals surface area contributed by atoms with Crippen molar-refractivity contribution >= 4 is 16.9 Å². The van der Waals surface area contributed by atoms with E-state index in [4.69, 9.17) is 0 Å². The summed E-state index contributed by atoms with van der Waals surface area (Å²) in [5.74, 6) is -2.69. The topological polar surface area (TPSA) is 79.8 Å². The second kappa shape index (κ2) is 10.2. The third-order valence-corrected chi connectivity index (χ3v) is 6.15. The minimum Gasteiger partial charge on any atom is -0.348 e. The molecular formula is C28H19F5N4O2. The molecule has 2 N–H and O–H groups in total. The highest BCUT2D eigenvalue weighted by Crippen LogP contribution is 2.34. The predicted octanol–water partition coefficient (Wildman–Crippen LogP) is 5.67. The van der Waals surface area contributed by atoms with Crippen LogP contribution in [0.1, 0.15) is 27.0 Å². The number of hydrogen-bond donors (Lipinski definition) is 2. The van der Waals surface area contributed by atoms with Crippen LogP contribution in [0, 0.1) is 11.6 Å². The monoisotopic (exact) mass is 538 g/mol. The van der Waals surface area contributed by atoms with Crippen LogP contribution in [0.4, 0.5) is 22.0 Å². The quantitative estimate of drug-likeness (QED) is 0.274. The van der Waals surface area contributed by atoms with E-state index in [1.54, 1.807) is 30.5 Å². The van der Waals surface area contributed by atoms with Gasteiger partial charge >= 0.3 is 6.18 Å². The summed E-state index contributed by atoms with van der Waals surface area (Å²) < 4.78 is 67.5. The van der Waals surface area contributed by atoms with Crippen LogP contribution in [0.2, 0.25) is 0 Å². The van der Waals surface area contributed by atoms with E-state index >= 15 is 0 Å². The van der Waals surface area contributed by atoms with E-state index in [0.29, 0.717) is 33.3 Å². The van der Waals surface area contributed by atoms with Crippen LogP contribution in [-0.4, -0.2) is 20.4 Å². The lowest BCUT2D eigenvalue weighted by Gasteiger charge is -2.10. The number of hydrogen-bond acceptors (Lipinski definition) is 3. The van der Waals surface area contributed by atoms with Crippen molar-refractivity contribution in [3.05, 3.63) is 123 Å². The number of nitrogens with one attached hydrogen (secondary N) is 2. The third-order valence-electron chi connectivity index (χ3n) is 6.15. The molecule has 5 aromatic rings. The number of rotatable bonds is 6. The van der Waals surface area contributed by atoms with Crippen LogP contribution in [0.3, 0.4) is 0 Å². The molecule has 0 aliphatic rings. The number of H-pyrrole nitrogens is 1. The first-order chi connectivity index (χ1) is 18.6. The summed E-state index contributed by atoms with van der Waals surface area (Å²) in [7, 11) is 0. The molecule has 0 radical (unpaired) electrons. The molecule has 5 rings (SSSR count). The Morgan fingerprint density at radius 1 is 0.974 bits per heavy atom. The molecule has 3 aromatic heterocycles. The van der Waals surface area contributed by atoms with Gasteiger partial charge in [-0.2, -0.15) is 13.2 Å². The molecule has 0 bridgehead atoms. The summed E-state index contributed by atoms with van der Waals surface area (Å²) in [5.41, 5.74) is 0.813. The maximum atomic E-state index is 13.5. The van der Waals surface area contributed by atoms with Crippen LogP contribution < -0.4 is 10.9 Å². The van der Waals surface area contributed by atoms with Gasteiger partial charge in [-0.05, 0) is 53.1 Å². The first-order valence-electron chi connectivity index (χ1n) is 11.7. The van der Waals surface area contributed by atoms with E-state index < -0.39 is 34.8 Å². The van der Waals surface area contributed by atoms with Crippen molar-refractivity contribution < 1.29 is 26.7 Å². The van der Waals surface area contributed by atoms with Gasteiger partial charge < -0.3 is 14.9 Å². The number of carbonyl (C=O) groups is 1. The van der Waals surface area contributed by atoms with Gasteiger partial charge in [0.25, 0.3) is 11.5 Å². The largest absolute Gasteiger partial charge is 0.417 e. The molecule has 11 heteroatoms. The highest BCUT2D eigenvalue weighted by molar-refractivity contribution is 5.95. The van der Waals surface area contributed by atoms with Gasteiger partial charge in [0.15, 0.2) is 11.6 Å². The van der Waals surface area contributed by atoms with E-state index in [9.17, 15) is 31.5 Å². The van der Waals surface area contributed by atoms with Crippen molar-refractivity contribution in [1.82, 2.24) is 19.9 Å². The average molecular weight is 538 g/mol. The van der Waals surface area contributed by atoms with E-state index in [0.717, 1.165) is 24.4 Å². The van der Waals surface area contributed by atoms with Gasteiger partial charge in [-0.1, -0.05) is 24.3 Å². The van der Waals surface area contributed by atoms with E-state index in [-0.39, 0.29) is 18.7 Å². The van der Waals surface area contributed by atoms with Gasteiger partial charge in [0.1, 0.15) is 11.2 Å². The number of aromatic nitrogens is 3. The molecule has 0 aliphatic carbocycles. The molecule has 1 amide bonds. The summed E-state index contributed by atoms with van der Waals surface area (Å²) in [6.07, 6.45) is -0.768. The van der Waals surface area contributed by atoms with Gasteiger partial charge in [0, 0.05) is 36.1 Å². The molecule has 0 fully saturated rings. The zero-order valence-corrected chi connectivity index (χ0v) is 20.0. The predicted molar refractivity (Wildman–Crippen MR) is 134 cm³/mol. The summed E-state index contributed by atoms with van der Waals surface area (Å²) in [6.45, 7) is -0.0205. The minimum absolute atomic E-state index is 0.0403. The molecule has 0 atom stereocenters. The van der Waals surface area contributed by atoms with Gasteiger partial charge in [0.2, 0.25) is 0 Å². The van der Waals surface area contributed by atoms with E-state index in [2.05, 4.69) is 15.3 Å². The lowest BCUT2D eigenvalue weighted by Crippen LogP contribution is -2.32. The Bertz CT molecular complexity index is 1760. The Hall–Kier alpha value is -4.80. The first kappa shape index (κ1) is 25.8. The molecule has 3 heterocycles. The van der Waals surface area contributed by atoms with Crippen molar-refractivity contribution in [2.24, 2.45) is 0 Å². The van der Waals surface area contributed by atoms with E-state index in [1.807, 2.05) is 0 Å². The molecule has 0 aliphatic heterocycles. The number of carbonyl (C=O) groups excluding carboxylic acids is 1. The average Bonchev–Trinajstić information content (AvgIpc) is 3.34. The Morgan fingerprint density at radius 3 is 2.56 bits per heavy atom. The molecule has 6 nitrogen and oxygen atoms in total. The van der Waals surface area contributed by atoms with Crippen molar-refractivity contribution in [3.63, 3.8) is 0 Å². The highest BCUT2D eigenvalue weighted by Gasteiger charge is 2.31. The van der Waals surface area contributed by atoms with Crippen molar-refractivity contribution in [1.29, 1.82) is 0 Å². The molecule has 0 saturated heterocycles. The number of pyridine rings is 2. The van der Waals surface area contributed by atoms with Crippen molar-refractivity contribution in [2.45, 2.75) is 19.3 Å². The fourth-order valence-corrected chi connectivity index (χ4v) is 4.19. The second-order valence-corrected chi connectivity index (χ2v) is 8.81. The van der Waals surface area contributed by atoms with Crippen molar-refractivity contribution in [2.75, 3.05) is 0 Å². The Balaban J connectivity index is 1.33. The van der Waals surface area contributed by atoms with Crippen LogP contribution in [0.5, 0.6) is 0 Å². The molecule has 0 unspecified atom stereocenters. The minimum atomic E-state index is -4.53. The third kappa shape index (κ3) is 5.42. The number of amides is 1. The first-order valence-corrected chi connectivity index (χ1v) is 11.7. The Labute approximate surface area is 217 Å². The van der Waals surface area contributed by atoms with Crippen LogP contribution >= 0.6 is 0 Å². The molecule has 2 aromatic carbocycles. The number of aromatic amines is 1. The van der Waals surface area contributed by atoms with Crippen LogP contribution in [-0.2, 0) is 19.3 Å². The summed E-state index contributed by atoms with van der Waals surface area (Å²) in [4.78, 5) is 32.4. The van der Waals surface area contributed by atoms with Crippen molar-refractivity contribution in [3.8, 4) is 11.1 Å². The summed E-state index contributed by atoms with van der Waals surface area (Å²) >= 11 is 0. The zero-order chi connectivity index (χ0) is 27.7. The number of benzene rings is 2. The van der Waals surface area contributed by atoms with Gasteiger partial charge in [-0.15, -0.1) is 0 Å². The molecule has 0 spiro atoms. The Morgan fingerprint density at radius 2 is 1.79 bits per heavy atom. The fourth-order valence-electron chi connectivity index (χ4n) is 4.19. The molecule has 39 heavy (non-hydrogen) atoms. The molecule has 198 valence electrons. The smallest absolute Gasteiger partial charge is 0.348 e. The molecule has 0 saturated carbocycles. The maximum Gasteiger partial charge on any atom is 0.417 e. The zero-order valence-electron chi connectivity index (χ0n) is 20.0. The fraction of sp³-hybridized carbons (Fsp3) is 0.107. The highest BCUT2D eigenvalue weighted by atomic mass is 19.4. The van der Waals surface area contributed by atoms with E-state index in [1.165, 1.54) is 29.0 Å². The standard InChI is InChI=1S/C28H19F5N4O2/c29-23-7-6-17(10-24(23)30)15-37-8-2-5-20(27(37)39)26(38)36-12-16-3-1-4-18(9-16)22-14-35-25-21(22)11-19(13-34-25)28(31,32)33/h1-11,13-14H,12,15H2,(H,34,35)(H,36,38). The van der Waals surface area contributed by atoms with Gasteiger partial charge in [-0.25, -0.2) is 13.8 Å².